The highest BCUT2D eigenvalue weighted by molar-refractivity contribution is 5.80. The average Bonchev–Trinajstić information content (AvgIpc) is 2.43. The van der Waals surface area contributed by atoms with Crippen molar-refractivity contribution >= 4 is 17.8 Å². The molecule has 0 aliphatic carbocycles. The minimum Gasteiger partial charge on any atom is -0.461 e. The Morgan fingerprint density at radius 1 is 1.29 bits per heavy atom. The Labute approximate surface area is 125 Å². The Hall–Kier alpha value is -2.12. The van der Waals surface area contributed by atoms with Crippen molar-refractivity contribution in [3.63, 3.8) is 0 Å². The Kier molecular flexibility index (Phi) is 6.64. The van der Waals surface area contributed by atoms with Gasteiger partial charge in [-0.05, 0) is 27.7 Å². The summed E-state index contributed by atoms with van der Waals surface area (Å²) in [6, 6.07) is 0.244. The lowest BCUT2D eigenvalue weighted by Gasteiger charge is -2.21. The first-order valence-electron chi connectivity index (χ1n) is 7.12. The van der Waals surface area contributed by atoms with Crippen LogP contribution >= 0.6 is 0 Å². The molecular weight excluding hydrogens is 272 g/mol. The van der Waals surface area contributed by atoms with E-state index < -0.39 is 0 Å². The second kappa shape index (κ2) is 8.23. The van der Waals surface area contributed by atoms with Gasteiger partial charge >= 0.3 is 6.01 Å². The van der Waals surface area contributed by atoms with Crippen molar-refractivity contribution in [1.29, 1.82) is 0 Å². The number of hydrogen-bond donors (Lipinski definition) is 2. The number of aromatic nitrogens is 3. The number of carbonyl (C=O) groups excluding carboxylic acids is 1. The molecule has 8 nitrogen and oxygen atoms in total. The summed E-state index contributed by atoms with van der Waals surface area (Å²) in [5.74, 6) is 0.751. The fourth-order valence-corrected chi connectivity index (χ4v) is 1.61. The standard InChI is InChI=1S/C13H24N6O2/c1-6-15-10(20)8-19(7-2)12-16-11(14-5)17-13(18-12)21-9(3)4/h9H,6-8H2,1-5H3,(H,15,20)(H,14,16,17,18). The topological polar surface area (TPSA) is 92.3 Å². The van der Waals surface area contributed by atoms with Crippen LogP contribution in [-0.2, 0) is 4.79 Å². The first kappa shape index (κ1) is 16.9. The summed E-state index contributed by atoms with van der Waals surface area (Å²) in [5.41, 5.74) is 0. The lowest BCUT2D eigenvalue weighted by Crippen LogP contribution is -2.38. The van der Waals surface area contributed by atoms with Gasteiger partial charge in [-0.15, -0.1) is 0 Å². The van der Waals surface area contributed by atoms with Crippen molar-refractivity contribution in [1.82, 2.24) is 20.3 Å². The molecule has 1 heterocycles. The number of ether oxygens (including phenoxy) is 1. The molecule has 1 aromatic heterocycles. The van der Waals surface area contributed by atoms with E-state index in [9.17, 15) is 4.79 Å². The zero-order valence-corrected chi connectivity index (χ0v) is 13.3. The van der Waals surface area contributed by atoms with Gasteiger partial charge in [0.05, 0.1) is 12.6 Å². The largest absolute Gasteiger partial charge is 0.461 e. The van der Waals surface area contributed by atoms with Gasteiger partial charge in [0.25, 0.3) is 0 Å². The van der Waals surface area contributed by atoms with E-state index >= 15 is 0 Å². The zero-order valence-electron chi connectivity index (χ0n) is 13.3. The maximum Gasteiger partial charge on any atom is 0.323 e. The first-order valence-corrected chi connectivity index (χ1v) is 7.12. The molecule has 0 spiro atoms. The molecule has 0 aliphatic rings. The van der Waals surface area contributed by atoms with Crippen LogP contribution in [0.5, 0.6) is 6.01 Å². The van der Waals surface area contributed by atoms with E-state index in [1.165, 1.54) is 0 Å². The van der Waals surface area contributed by atoms with Gasteiger partial charge in [-0.3, -0.25) is 4.79 Å². The molecule has 0 aromatic carbocycles. The van der Waals surface area contributed by atoms with Crippen LogP contribution in [0.2, 0.25) is 0 Å². The third-order valence-corrected chi connectivity index (χ3v) is 2.54. The van der Waals surface area contributed by atoms with Crippen LogP contribution in [0.15, 0.2) is 0 Å². The quantitative estimate of drug-likeness (QED) is 0.728. The van der Waals surface area contributed by atoms with Crippen molar-refractivity contribution < 1.29 is 9.53 Å². The predicted molar refractivity (Wildman–Crippen MR) is 81.7 cm³/mol. The van der Waals surface area contributed by atoms with Crippen LogP contribution in [-0.4, -0.2) is 53.6 Å². The smallest absolute Gasteiger partial charge is 0.323 e. The molecule has 0 saturated carbocycles. The molecule has 0 fully saturated rings. The summed E-state index contributed by atoms with van der Waals surface area (Å²) in [5, 5.41) is 5.63. The normalized spacial score (nSPS) is 10.4. The van der Waals surface area contributed by atoms with Crippen molar-refractivity contribution in [2.75, 3.05) is 36.9 Å². The van der Waals surface area contributed by atoms with Crippen LogP contribution in [0, 0.1) is 0 Å². The van der Waals surface area contributed by atoms with Crippen LogP contribution < -0.4 is 20.3 Å². The number of nitrogens with zero attached hydrogens (tertiary/aromatic N) is 4. The highest BCUT2D eigenvalue weighted by Gasteiger charge is 2.16. The second-order valence-electron chi connectivity index (χ2n) is 4.63. The summed E-state index contributed by atoms with van der Waals surface area (Å²) in [6.45, 7) is 9.00. The number of amides is 1. The summed E-state index contributed by atoms with van der Waals surface area (Å²) < 4.78 is 5.52. The minimum atomic E-state index is -0.0721. The zero-order chi connectivity index (χ0) is 15.8. The fourth-order valence-electron chi connectivity index (χ4n) is 1.61. The van der Waals surface area contributed by atoms with Crippen LogP contribution in [0.4, 0.5) is 11.9 Å². The fraction of sp³-hybridized carbons (Fsp3) is 0.692. The van der Waals surface area contributed by atoms with Gasteiger partial charge in [0.2, 0.25) is 17.8 Å². The van der Waals surface area contributed by atoms with E-state index in [4.69, 9.17) is 4.74 Å². The second-order valence-corrected chi connectivity index (χ2v) is 4.63. The van der Waals surface area contributed by atoms with Gasteiger partial charge in [0, 0.05) is 20.1 Å². The van der Waals surface area contributed by atoms with Crippen LogP contribution in [0.25, 0.3) is 0 Å². The Bertz CT molecular complexity index is 466. The molecular formula is C13H24N6O2. The highest BCUT2D eigenvalue weighted by Crippen LogP contribution is 2.15. The molecule has 0 aliphatic heterocycles. The van der Waals surface area contributed by atoms with Crippen molar-refractivity contribution in [2.24, 2.45) is 0 Å². The summed E-state index contributed by atoms with van der Waals surface area (Å²) in [7, 11) is 1.72. The van der Waals surface area contributed by atoms with Crippen molar-refractivity contribution in [3.05, 3.63) is 0 Å². The summed E-state index contributed by atoms with van der Waals surface area (Å²) in [4.78, 5) is 26.2. The molecule has 1 amide bonds. The Morgan fingerprint density at radius 2 is 2.00 bits per heavy atom. The Morgan fingerprint density at radius 3 is 2.52 bits per heavy atom. The average molecular weight is 296 g/mol. The van der Waals surface area contributed by atoms with E-state index in [0.29, 0.717) is 25.0 Å². The van der Waals surface area contributed by atoms with E-state index in [0.717, 1.165) is 0 Å². The minimum absolute atomic E-state index is 0.0385. The molecule has 0 atom stereocenters. The van der Waals surface area contributed by atoms with E-state index in [-0.39, 0.29) is 24.6 Å². The maximum atomic E-state index is 11.7. The predicted octanol–water partition coefficient (Wildman–Crippen LogP) is 0.663. The van der Waals surface area contributed by atoms with Crippen LogP contribution in [0.1, 0.15) is 27.7 Å². The molecule has 1 rings (SSSR count). The molecule has 118 valence electrons. The first-order chi connectivity index (χ1) is 9.99. The number of hydrogen-bond acceptors (Lipinski definition) is 7. The molecule has 0 bridgehead atoms. The molecule has 1 aromatic rings. The molecule has 0 unspecified atom stereocenters. The van der Waals surface area contributed by atoms with Gasteiger partial charge < -0.3 is 20.3 Å². The molecule has 21 heavy (non-hydrogen) atoms. The monoisotopic (exact) mass is 296 g/mol. The molecule has 0 radical (unpaired) electrons. The molecule has 8 heteroatoms. The van der Waals surface area contributed by atoms with Gasteiger partial charge in [-0.2, -0.15) is 15.0 Å². The van der Waals surface area contributed by atoms with E-state index in [1.54, 1.807) is 11.9 Å². The number of rotatable bonds is 8. The van der Waals surface area contributed by atoms with Gasteiger partial charge in [0.1, 0.15) is 0 Å². The van der Waals surface area contributed by atoms with E-state index in [2.05, 4.69) is 25.6 Å². The Balaban J connectivity index is 2.98. The van der Waals surface area contributed by atoms with Crippen molar-refractivity contribution in [3.8, 4) is 6.01 Å². The maximum absolute atomic E-state index is 11.7. The molecule has 0 saturated heterocycles. The van der Waals surface area contributed by atoms with Gasteiger partial charge in [-0.1, -0.05) is 0 Å². The van der Waals surface area contributed by atoms with Crippen LogP contribution in [0.3, 0.4) is 0 Å². The molecule has 2 N–H and O–H groups in total. The highest BCUT2D eigenvalue weighted by atomic mass is 16.5. The SMILES string of the molecule is CCNC(=O)CN(CC)c1nc(NC)nc(OC(C)C)n1. The van der Waals surface area contributed by atoms with Crippen molar-refractivity contribution in [2.45, 2.75) is 33.8 Å². The number of anilines is 2. The van der Waals surface area contributed by atoms with Gasteiger partial charge in [-0.25, -0.2) is 0 Å². The van der Waals surface area contributed by atoms with Gasteiger partial charge in [0.15, 0.2) is 0 Å². The number of carbonyl (C=O) groups is 1. The summed E-state index contributed by atoms with van der Waals surface area (Å²) in [6.07, 6.45) is -0.0385. The summed E-state index contributed by atoms with van der Waals surface area (Å²) >= 11 is 0. The lowest BCUT2D eigenvalue weighted by molar-refractivity contribution is -0.119. The lowest BCUT2D eigenvalue weighted by atomic mass is 10.4. The number of nitrogens with one attached hydrogen (secondary N) is 2. The third kappa shape index (κ3) is 5.41. The van der Waals surface area contributed by atoms with E-state index in [1.807, 2.05) is 27.7 Å². The third-order valence-electron chi connectivity index (χ3n) is 2.54. The number of likely N-dealkylation sites (N-methyl/N-ethyl adjacent to an activating group) is 2.